The lowest BCUT2D eigenvalue weighted by Crippen LogP contribution is -2.56. The minimum Gasteiger partial charge on any atom is -0.332 e. The average molecular weight is 283 g/mol. The van der Waals surface area contributed by atoms with Gasteiger partial charge in [0.15, 0.2) is 0 Å². The second-order valence-corrected chi connectivity index (χ2v) is 5.23. The van der Waals surface area contributed by atoms with E-state index in [0.717, 1.165) is 6.07 Å². The van der Waals surface area contributed by atoms with Crippen molar-refractivity contribution in [2.75, 3.05) is 33.2 Å². The van der Waals surface area contributed by atoms with E-state index in [1.54, 1.807) is 4.90 Å². The molecule has 1 saturated heterocycles. The van der Waals surface area contributed by atoms with Crippen LogP contribution in [0.1, 0.15) is 15.9 Å². The molecule has 0 aromatic heterocycles. The molecule has 1 aromatic rings. The fraction of sp³-hybridized carbons (Fsp3) is 0.500. The van der Waals surface area contributed by atoms with Gasteiger partial charge in [0.2, 0.25) is 0 Å². The molecule has 0 saturated carbocycles. The van der Waals surface area contributed by atoms with Crippen LogP contribution in [-0.2, 0) is 0 Å². The Morgan fingerprint density at radius 1 is 1.35 bits per heavy atom. The molecule has 1 fully saturated rings. The molecule has 1 heterocycles. The number of carbonyl (C=O) groups excluding carboxylic acids is 1. The van der Waals surface area contributed by atoms with Crippen LogP contribution in [0.25, 0.3) is 0 Å². The molecule has 0 radical (unpaired) electrons. The Balaban J connectivity index is 2.28. The summed E-state index contributed by atoms with van der Waals surface area (Å²) < 4.78 is 27.1. The van der Waals surface area contributed by atoms with E-state index >= 15 is 0 Å². The van der Waals surface area contributed by atoms with Crippen LogP contribution in [0.5, 0.6) is 0 Å². The molecule has 2 rings (SSSR count). The van der Waals surface area contributed by atoms with Gasteiger partial charge in [0, 0.05) is 32.2 Å². The van der Waals surface area contributed by atoms with Gasteiger partial charge >= 0.3 is 0 Å². The Hall–Kier alpha value is -1.53. The third kappa shape index (κ3) is 2.81. The summed E-state index contributed by atoms with van der Waals surface area (Å²) in [6.07, 6.45) is 0. The van der Waals surface area contributed by atoms with Crippen LogP contribution in [-0.4, -0.2) is 55.0 Å². The van der Waals surface area contributed by atoms with Crippen LogP contribution >= 0.6 is 0 Å². The number of rotatable bonds is 2. The van der Waals surface area contributed by atoms with Gasteiger partial charge in [-0.15, -0.1) is 0 Å². The van der Waals surface area contributed by atoms with E-state index in [-0.39, 0.29) is 17.2 Å². The summed E-state index contributed by atoms with van der Waals surface area (Å²) in [7, 11) is 1.95. The molecule has 4 nitrogen and oxygen atoms in total. The second-order valence-electron chi connectivity index (χ2n) is 5.23. The predicted octanol–water partition coefficient (Wildman–Crippen LogP) is 0.988. The number of nitrogens with two attached hydrogens (primary N) is 1. The maximum atomic E-state index is 13.8. The van der Waals surface area contributed by atoms with E-state index in [0.29, 0.717) is 26.2 Å². The Morgan fingerprint density at radius 2 is 2.05 bits per heavy atom. The molecule has 1 amide bonds. The SMILES string of the molecule is Cc1cc(C(=O)N2CCN(C)CC2CN)c(F)cc1F. The number of amides is 1. The summed E-state index contributed by atoms with van der Waals surface area (Å²) >= 11 is 0. The van der Waals surface area contributed by atoms with Crippen LogP contribution in [0.15, 0.2) is 12.1 Å². The summed E-state index contributed by atoms with van der Waals surface area (Å²) in [4.78, 5) is 16.1. The first-order valence-corrected chi connectivity index (χ1v) is 6.59. The van der Waals surface area contributed by atoms with Crippen LogP contribution < -0.4 is 5.73 Å². The van der Waals surface area contributed by atoms with Gasteiger partial charge in [-0.05, 0) is 25.6 Å². The van der Waals surface area contributed by atoms with Crippen LogP contribution in [0.2, 0.25) is 0 Å². The van der Waals surface area contributed by atoms with Crippen molar-refractivity contribution in [3.63, 3.8) is 0 Å². The van der Waals surface area contributed by atoms with E-state index < -0.39 is 17.5 Å². The highest BCUT2D eigenvalue weighted by Crippen LogP contribution is 2.18. The maximum absolute atomic E-state index is 13.8. The number of aryl methyl sites for hydroxylation is 1. The highest BCUT2D eigenvalue weighted by Gasteiger charge is 2.30. The van der Waals surface area contributed by atoms with E-state index in [1.165, 1.54) is 13.0 Å². The van der Waals surface area contributed by atoms with Crippen molar-refractivity contribution in [3.05, 3.63) is 34.9 Å². The van der Waals surface area contributed by atoms with E-state index in [4.69, 9.17) is 5.73 Å². The number of benzene rings is 1. The van der Waals surface area contributed by atoms with Gasteiger partial charge in [-0.3, -0.25) is 4.79 Å². The van der Waals surface area contributed by atoms with Crippen molar-refractivity contribution in [2.24, 2.45) is 5.73 Å². The first-order valence-electron chi connectivity index (χ1n) is 6.59. The molecular formula is C14H19F2N3O. The third-order valence-corrected chi connectivity index (χ3v) is 3.70. The van der Waals surface area contributed by atoms with Crippen molar-refractivity contribution >= 4 is 5.91 Å². The average Bonchev–Trinajstić information content (AvgIpc) is 2.42. The maximum Gasteiger partial charge on any atom is 0.257 e. The smallest absolute Gasteiger partial charge is 0.257 e. The molecule has 20 heavy (non-hydrogen) atoms. The third-order valence-electron chi connectivity index (χ3n) is 3.70. The highest BCUT2D eigenvalue weighted by molar-refractivity contribution is 5.95. The van der Waals surface area contributed by atoms with E-state index in [2.05, 4.69) is 4.90 Å². The van der Waals surface area contributed by atoms with Gasteiger partial charge in [0.05, 0.1) is 11.6 Å². The Labute approximate surface area is 117 Å². The highest BCUT2D eigenvalue weighted by atomic mass is 19.1. The fourth-order valence-corrected chi connectivity index (χ4v) is 2.46. The zero-order chi connectivity index (χ0) is 14.9. The monoisotopic (exact) mass is 283 g/mol. The minimum absolute atomic E-state index is 0.0908. The van der Waals surface area contributed by atoms with Crippen molar-refractivity contribution in [2.45, 2.75) is 13.0 Å². The topological polar surface area (TPSA) is 49.6 Å². The minimum atomic E-state index is -0.826. The first-order chi connectivity index (χ1) is 9.43. The standard InChI is InChI=1S/C14H19F2N3O/c1-9-5-11(13(16)6-12(9)15)14(20)19-4-3-18(2)8-10(19)7-17/h5-6,10H,3-4,7-8,17H2,1-2H3. The molecule has 1 aromatic carbocycles. The molecule has 0 bridgehead atoms. The molecule has 1 aliphatic rings. The molecule has 0 spiro atoms. The first kappa shape index (κ1) is 14.9. The molecule has 2 N–H and O–H groups in total. The molecule has 1 atom stereocenters. The zero-order valence-corrected chi connectivity index (χ0v) is 11.7. The van der Waals surface area contributed by atoms with Crippen LogP contribution in [0, 0.1) is 18.6 Å². The normalized spacial score (nSPS) is 20.2. The largest absolute Gasteiger partial charge is 0.332 e. The fourth-order valence-electron chi connectivity index (χ4n) is 2.46. The van der Waals surface area contributed by atoms with Crippen LogP contribution in [0.3, 0.4) is 0 Å². The van der Waals surface area contributed by atoms with Crippen molar-refractivity contribution in [1.29, 1.82) is 0 Å². The van der Waals surface area contributed by atoms with Gasteiger partial charge in [0.1, 0.15) is 11.6 Å². The summed E-state index contributed by atoms with van der Waals surface area (Å²) in [5.41, 5.74) is 5.86. The van der Waals surface area contributed by atoms with Gasteiger partial charge in [-0.2, -0.15) is 0 Å². The van der Waals surface area contributed by atoms with Crippen molar-refractivity contribution < 1.29 is 13.6 Å². The van der Waals surface area contributed by atoms with E-state index in [1.807, 2.05) is 7.05 Å². The lowest BCUT2D eigenvalue weighted by Gasteiger charge is -2.39. The quantitative estimate of drug-likeness (QED) is 0.880. The number of carbonyl (C=O) groups is 1. The van der Waals surface area contributed by atoms with E-state index in [9.17, 15) is 13.6 Å². The summed E-state index contributed by atoms with van der Waals surface area (Å²) in [6, 6.07) is 1.88. The zero-order valence-electron chi connectivity index (χ0n) is 11.7. The Kier molecular flexibility index (Phi) is 4.35. The number of likely N-dealkylation sites (N-methyl/N-ethyl adjacent to an activating group) is 1. The van der Waals surface area contributed by atoms with Crippen LogP contribution in [0.4, 0.5) is 8.78 Å². The summed E-state index contributed by atoms with van der Waals surface area (Å²) in [5.74, 6) is -1.89. The molecule has 1 unspecified atom stereocenters. The Morgan fingerprint density at radius 3 is 2.70 bits per heavy atom. The number of nitrogens with zero attached hydrogens (tertiary/aromatic N) is 2. The summed E-state index contributed by atoms with van der Waals surface area (Å²) in [6.45, 7) is 3.69. The molecule has 110 valence electrons. The predicted molar refractivity (Wildman–Crippen MR) is 72.5 cm³/mol. The lowest BCUT2D eigenvalue weighted by atomic mass is 10.1. The summed E-state index contributed by atoms with van der Waals surface area (Å²) in [5, 5.41) is 0. The number of hydrogen-bond acceptors (Lipinski definition) is 3. The van der Waals surface area contributed by atoms with Gasteiger partial charge in [-0.1, -0.05) is 0 Å². The lowest BCUT2D eigenvalue weighted by molar-refractivity contribution is 0.0511. The van der Waals surface area contributed by atoms with Gasteiger partial charge in [-0.25, -0.2) is 8.78 Å². The number of piperazine rings is 1. The molecule has 1 aliphatic heterocycles. The van der Waals surface area contributed by atoms with Gasteiger partial charge in [0.25, 0.3) is 5.91 Å². The Bertz CT molecular complexity index is 521. The molecule has 6 heteroatoms. The molecule has 0 aliphatic carbocycles. The number of halogens is 2. The van der Waals surface area contributed by atoms with Crippen molar-refractivity contribution in [1.82, 2.24) is 9.80 Å². The van der Waals surface area contributed by atoms with Gasteiger partial charge < -0.3 is 15.5 Å². The van der Waals surface area contributed by atoms with Crippen molar-refractivity contribution in [3.8, 4) is 0 Å². The molecular weight excluding hydrogens is 264 g/mol. The number of hydrogen-bond donors (Lipinski definition) is 1. The second kappa shape index (κ2) is 5.85.